The topological polar surface area (TPSA) is 121 Å². The first-order chi connectivity index (χ1) is 17.7. The van der Waals surface area contributed by atoms with Gasteiger partial charge in [-0.15, -0.1) is 0 Å². The van der Waals surface area contributed by atoms with Gasteiger partial charge in [-0.05, 0) is 57.2 Å². The lowest BCUT2D eigenvalue weighted by atomic mass is 9.98. The van der Waals surface area contributed by atoms with Gasteiger partial charge in [0.2, 0.25) is 0 Å². The lowest BCUT2D eigenvalue weighted by molar-refractivity contribution is -0.159. The number of rotatable bonds is 6. The van der Waals surface area contributed by atoms with Crippen molar-refractivity contribution in [1.82, 2.24) is 14.3 Å². The number of carboxylic acids is 2. The Morgan fingerprint density at radius 2 is 1.70 bits per heavy atom. The first-order valence-electron chi connectivity index (χ1n) is 12.3. The van der Waals surface area contributed by atoms with Crippen molar-refractivity contribution in [3.8, 4) is 0 Å². The molecule has 2 unspecified atom stereocenters. The van der Waals surface area contributed by atoms with Gasteiger partial charge in [-0.25, -0.2) is 19.0 Å². The number of benzene rings is 1. The number of aliphatic carboxylic acids is 2. The van der Waals surface area contributed by atoms with Crippen molar-refractivity contribution in [2.24, 2.45) is 0 Å². The fourth-order valence-corrected chi connectivity index (χ4v) is 5.31. The van der Waals surface area contributed by atoms with Crippen LogP contribution in [-0.4, -0.2) is 61.2 Å². The van der Waals surface area contributed by atoms with Crippen molar-refractivity contribution >= 4 is 17.6 Å². The van der Waals surface area contributed by atoms with Crippen LogP contribution in [0.5, 0.6) is 0 Å². The van der Waals surface area contributed by atoms with Crippen molar-refractivity contribution in [1.29, 1.82) is 0 Å². The third-order valence-corrected chi connectivity index (χ3v) is 7.11. The lowest BCUT2D eigenvalue weighted by Crippen LogP contribution is -2.46. The number of ether oxygens (including phenoxy) is 1. The molecule has 2 atom stereocenters. The van der Waals surface area contributed by atoms with Crippen LogP contribution in [0.15, 0.2) is 53.5 Å². The van der Waals surface area contributed by atoms with Crippen LogP contribution in [0.1, 0.15) is 42.5 Å². The highest BCUT2D eigenvalue weighted by Gasteiger charge is 2.40. The molecule has 9 nitrogen and oxygen atoms in total. The summed E-state index contributed by atoms with van der Waals surface area (Å²) >= 11 is 0. The highest BCUT2D eigenvalue weighted by Crippen LogP contribution is 2.37. The highest BCUT2D eigenvalue weighted by molar-refractivity contribution is 6.27. The number of pyridine rings is 1. The van der Waals surface area contributed by atoms with Crippen LogP contribution in [0, 0.1) is 12.7 Å². The summed E-state index contributed by atoms with van der Waals surface area (Å²) in [6.45, 7) is 3.13. The monoisotopic (exact) mass is 511 g/mol. The third kappa shape index (κ3) is 6.20. The molecule has 2 saturated heterocycles. The summed E-state index contributed by atoms with van der Waals surface area (Å²) in [4.78, 5) is 38.3. The minimum Gasteiger partial charge on any atom is -0.473 e. The first kappa shape index (κ1) is 26.4. The molecule has 2 bridgehead atoms. The van der Waals surface area contributed by atoms with Gasteiger partial charge in [-0.3, -0.25) is 14.1 Å². The Bertz CT molecular complexity index is 1320. The van der Waals surface area contributed by atoms with Gasteiger partial charge < -0.3 is 14.9 Å². The average molecular weight is 512 g/mol. The Morgan fingerprint density at radius 3 is 2.35 bits per heavy atom. The van der Waals surface area contributed by atoms with E-state index in [0.717, 1.165) is 43.5 Å². The Balaban J connectivity index is 0.000000480. The summed E-state index contributed by atoms with van der Waals surface area (Å²) in [7, 11) is 0. The number of aryl methyl sites for hydroxylation is 1. The molecule has 196 valence electrons. The van der Waals surface area contributed by atoms with Crippen LogP contribution < -0.4 is 5.56 Å². The largest absolute Gasteiger partial charge is 0.473 e. The number of hydrogen-bond acceptors (Lipinski definition) is 6. The zero-order chi connectivity index (χ0) is 26.5. The van der Waals surface area contributed by atoms with Crippen molar-refractivity contribution in [3.05, 3.63) is 81.7 Å². The van der Waals surface area contributed by atoms with Gasteiger partial charge in [-0.1, -0.05) is 24.3 Å². The Morgan fingerprint density at radius 1 is 1.05 bits per heavy atom. The number of piperidine rings is 1. The molecular weight excluding hydrogens is 481 g/mol. The molecule has 3 aromatic rings. The fourth-order valence-electron chi connectivity index (χ4n) is 5.31. The zero-order valence-corrected chi connectivity index (χ0v) is 20.5. The van der Waals surface area contributed by atoms with Gasteiger partial charge in [0.1, 0.15) is 11.5 Å². The van der Waals surface area contributed by atoms with E-state index in [1.54, 1.807) is 22.7 Å². The SMILES string of the molecule is Cc1nc2ccccn2c(=O)c1CCN1C2CCC1CC(OCc1ccccc1F)C2.O=C(O)C(=O)O. The summed E-state index contributed by atoms with van der Waals surface area (Å²) in [6.07, 6.45) is 6.94. The summed E-state index contributed by atoms with van der Waals surface area (Å²) in [6, 6.07) is 13.4. The Hall–Kier alpha value is -3.63. The summed E-state index contributed by atoms with van der Waals surface area (Å²) < 4.78 is 21.6. The number of carbonyl (C=O) groups is 2. The van der Waals surface area contributed by atoms with Crippen LogP contribution >= 0.6 is 0 Å². The van der Waals surface area contributed by atoms with E-state index in [0.29, 0.717) is 36.3 Å². The van der Waals surface area contributed by atoms with Crippen LogP contribution in [-0.2, 0) is 27.4 Å². The number of halogens is 1. The van der Waals surface area contributed by atoms with E-state index in [1.807, 2.05) is 31.2 Å². The molecule has 0 radical (unpaired) electrons. The first-order valence-corrected chi connectivity index (χ1v) is 12.3. The summed E-state index contributed by atoms with van der Waals surface area (Å²) in [5.74, 6) is -3.85. The maximum atomic E-state index is 13.9. The van der Waals surface area contributed by atoms with E-state index < -0.39 is 11.9 Å². The minimum atomic E-state index is -1.82. The standard InChI is InChI=1S/C25H28FN3O2.C2H2O4/c1-17-22(25(30)29-12-5-4-8-24(29)27-17)11-13-28-19-9-10-20(28)15-21(14-19)31-16-18-6-2-3-7-23(18)26;3-1(4)2(5)6/h2-8,12,19-21H,9-11,13-16H2,1H3;(H,3,4)(H,5,6). The minimum absolute atomic E-state index is 0.0403. The smallest absolute Gasteiger partial charge is 0.414 e. The molecule has 0 spiro atoms. The van der Waals surface area contributed by atoms with Crippen LogP contribution in [0.3, 0.4) is 0 Å². The molecule has 10 heteroatoms. The molecule has 0 saturated carbocycles. The number of aromatic nitrogens is 2. The van der Waals surface area contributed by atoms with Gasteiger partial charge in [0.05, 0.1) is 12.7 Å². The number of hydrogen-bond donors (Lipinski definition) is 2. The maximum Gasteiger partial charge on any atom is 0.414 e. The number of nitrogens with zero attached hydrogens (tertiary/aromatic N) is 3. The van der Waals surface area contributed by atoms with E-state index in [-0.39, 0.29) is 17.5 Å². The average Bonchev–Trinajstić information content (AvgIpc) is 3.11. The normalized spacial score (nSPS) is 20.9. The molecule has 2 aliphatic rings. The van der Waals surface area contributed by atoms with Gasteiger partial charge in [0, 0.05) is 41.6 Å². The number of fused-ring (bicyclic) bond motifs is 3. The van der Waals surface area contributed by atoms with E-state index in [4.69, 9.17) is 24.5 Å². The second-order valence-electron chi connectivity index (χ2n) is 9.39. The molecule has 4 heterocycles. The maximum absolute atomic E-state index is 13.9. The fraction of sp³-hybridized carbons (Fsp3) is 0.407. The van der Waals surface area contributed by atoms with Gasteiger partial charge in [0.25, 0.3) is 5.56 Å². The predicted molar refractivity (Wildman–Crippen MR) is 133 cm³/mol. The van der Waals surface area contributed by atoms with E-state index >= 15 is 0 Å². The van der Waals surface area contributed by atoms with E-state index in [2.05, 4.69) is 9.88 Å². The van der Waals surface area contributed by atoms with Crippen molar-refractivity contribution in [2.45, 2.75) is 63.8 Å². The van der Waals surface area contributed by atoms with Crippen LogP contribution in [0.25, 0.3) is 5.65 Å². The van der Waals surface area contributed by atoms with Crippen molar-refractivity contribution < 1.29 is 28.9 Å². The van der Waals surface area contributed by atoms with Gasteiger partial charge in [0.15, 0.2) is 0 Å². The van der Waals surface area contributed by atoms with Crippen molar-refractivity contribution in [2.75, 3.05) is 6.54 Å². The molecule has 0 aliphatic carbocycles. The highest BCUT2D eigenvalue weighted by atomic mass is 19.1. The summed E-state index contributed by atoms with van der Waals surface area (Å²) in [5.41, 5.74) is 2.99. The molecule has 37 heavy (non-hydrogen) atoms. The summed E-state index contributed by atoms with van der Waals surface area (Å²) in [5, 5.41) is 14.8. The van der Waals surface area contributed by atoms with Crippen LogP contribution in [0.4, 0.5) is 4.39 Å². The van der Waals surface area contributed by atoms with Crippen molar-refractivity contribution in [3.63, 3.8) is 0 Å². The Kier molecular flexibility index (Phi) is 8.30. The number of carboxylic acid groups (broad SMARTS) is 2. The molecule has 0 amide bonds. The molecule has 2 aromatic heterocycles. The van der Waals surface area contributed by atoms with Gasteiger partial charge >= 0.3 is 11.9 Å². The van der Waals surface area contributed by atoms with E-state index in [1.165, 1.54) is 6.07 Å². The molecule has 1 aromatic carbocycles. The predicted octanol–water partition coefficient (Wildman–Crippen LogP) is 3.05. The quantitative estimate of drug-likeness (QED) is 0.485. The Labute approximate surface area is 213 Å². The lowest BCUT2D eigenvalue weighted by Gasteiger charge is -2.39. The zero-order valence-electron chi connectivity index (χ0n) is 20.5. The molecule has 2 fully saturated rings. The second-order valence-corrected chi connectivity index (χ2v) is 9.39. The molecule has 2 N–H and O–H groups in total. The third-order valence-electron chi connectivity index (χ3n) is 7.11. The second kappa shape index (κ2) is 11.6. The van der Waals surface area contributed by atoms with E-state index in [9.17, 15) is 9.18 Å². The van der Waals surface area contributed by atoms with Crippen LogP contribution in [0.2, 0.25) is 0 Å². The molecule has 2 aliphatic heterocycles. The van der Waals surface area contributed by atoms with Gasteiger partial charge in [-0.2, -0.15) is 0 Å². The molecule has 5 rings (SSSR count). The molecular formula is C27H30FN3O6.